The minimum absolute atomic E-state index is 0.292. The molecule has 1 saturated heterocycles. The number of likely N-dealkylation sites (tertiary alicyclic amines) is 1. The van der Waals surface area contributed by atoms with Gasteiger partial charge in [0, 0.05) is 13.1 Å². The number of para-hydroxylation sites is 1. The maximum atomic E-state index is 13.6. The van der Waals surface area contributed by atoms with Gasteiger partial charge in [-0.05, 0) is 25.0 Å². The lowest BCUT2D eigenvalue weighted by Crippen LogP contribution is -2.44. The molecular weight excluding hydrogens is 409 g/mol. The van der Waals surface area contributed by atoms with Crippen LogP contribution in [0.3, 0.4) is 0 Å². The number of alkyl halides is 3. The van der Waals surface area contributed by atoms with Crippen LogP contribution in [0.2, 0.25) is 0 Å². The van der Waals surface area contributed by atoms with Crippen LogP contribution >= 0.6 is 11.3 Å². The molecule has 0 spiro atoms. The van der Waals surface area contributed by atoms with E-state index in [1.807, 2.05) is 0 Å². The van der Waals surface area contributed by atoms with Crippen LogP contribution in [0, 0.1) is 0 Å². The van der Waals surface area contributed by atoms with Gasteiger partial charge in [-0.3, -0.25) is 9.59 Å². The molecule has 6 nitrogen and oxygen atoms in total. The first-order valence-corrected chi connectivity index (χ1v) is 10.1. The van der Waals surface area contributed by atoms with Gasteiger partial charge < -0.3 is 14.7 Å². The number of fused-ring (bicyclic) bond motifs is 1. The number of nitrogens with zero attached hydrogens (tertiary/aromatic N) is 2. The highest BCUT2D eigenvalue weighted by molar-refractivity contribution is 7.18. The van der Waals surface area contributed by atoms with Crippen molar-refractivity contribution in [3.05, 3.63) is 29.3 Å². The fraction of sp³-hybridized carbons (Fsp3) is 0.526. The van der Waals surface area contributed by atoms with Gasteiger partial charge in [0.2, 0.25) is 5.60 Å². The Labute approximate surface area is 169 Å². The van der Waals surface area contributed by atoms with E-state index in [1.165, 1.54) is 6.07 Å². The molecule has 2 heterocycles. The second-order valence-electron chi connectivity index (χ2n) is 6.98. The number of hydrogen-bond acceptors (Lipinski definition) is 6. The molecule has 1 N–H and O–H groups in total. The summed E-state index contributed by atoms with van der Waals surface area (Å²) >= 11 is 0.658. The van der Waals surface area contributed by atoms with Crippen molar-refractivity contribution in [1.29, 1.82) is 0 Å². The summed E-state index contributed by atoms with van der Waals surface area (Å²) in [7, 11) is 0. The Balaban J connectivity index is 1.69. The number of amides is 1. The maximum absolute atomic E-state index is 13.6. The predicted molar refractivity (Wildman–Crippen MR) is 100 cm³/mol. The van der Waals surface area contributed by atoms with Crippen LogP contribution in [0.25, 0.3) is 10.2 Å². The molecule has 1 atom stereocenters. The second kappa shape index (κ2) is 8.66. The van der Waals surface area contributed by atoms with Crippen molar-refractivity contribution in [3.8, 4) is 0 Å². The van der Waals surface area contributed by atoms with Crippen LogP contribution in [0.5, 0.6) is 0 Å². The highest BCUT2D eigenvalue weighted by Gasteiger charge is 2.58. The van der Waals surface area contributed by atoms with E-state index in [4.69, 9.17) is 4.74 Å². The Bertz CT molecular complexity index is 845. The third-order valence-electron chi connectivity index (χ3n) is 4.83. The van der Waals surface area contributed by atoms with Crippen LogP contribution in [0.15, 0.2) is 24.3 Å². The van der Waals surface area contributed by atoms with E-state index in [-0.39, 0.29) is 0 Å². The van der Waals surface area contributed by atoms with Gasteiger partial charge in [0.05, 0.1) is 16.6 Å². The average molecular weight is 430 g/mol. The lowest BCUT2D eigenvalue weighted by Gasteiger charge is -2.27. The zero-order valence-electron chi connectivity index (χ0n) is 15.6. The Morgan fingerprint density at radius 2 is 1.79 bits per heavy atom. The first-order chi connectivity index (χ1) is 13.7. The molecule has 3 rings (SSSR count). The quantitative estimate of drug-likeness (QED) is 0.736. The molecule has 1 aliphatic rings. The van der Waals surface area contributed by atoms with Crippen LogP contribution in [-0.2, 0) is 19.9 Å². The largest absolute Gasteiger partial charge is 0.455 e. The minimum Gasteiger partial charge on any atom is -0.455 e. The van der Waals surface area contributed by atoms with Gasteiger partial charge in [-0.1, -0.05) is 25.0 Å². The standard InChI is InChI=1S/C19H21F3N2O4S/c20-19(21,22)18(27,17-23-13-7-3-4-8-14(13)29-17)11-16(26)28-12-15(25)24-9-5-1-2-6-10-24/h3-4,7-8,27H,1-2,5-6,9-12H2/t18-/m0/s1. The van der Waals surface area contributed by atoms with Crippen LogP contribution in [0.4, 0.5) is 13.2 Å². The Hall–Kier alpha value is -2.20. The van der Waals surface area contributed by atoms with Gasteiger partial charge in [0.15, 0.2) is 6.61 Å². The lowest BCUT2D eigenvalue weighted by molar-refractivity contribution is -0.269. The molecule has 0 saturated carbocycles. The van der Waals surface area contributed by atoms with Gasteiger partial charge in [0.1, 0.15) is 5.01 Å². The van der Waals surface area contributed by atoms with E-state index in [9.17, 15) is 27.9 Å². The molecule has 1 aliphatic heterocycles. The summed E-state index contributed by atoms with van der Waals surface area (Å²) in [4.78, 5) is 29.6. The first-order valence-electron chi connectivity index (χ1n) is 9.29. The summed E-state index contributed by atoms with van der Waals surface area (Å²) in [5.74, 6) is -1.76. The number of thiazole rings is 1. The Kier molecular flexibility index (Phi) is 6.42. The molecule has 1 aromatic heterocycles. The van der Waals surface area contributed by atoms with Gasteiger partial charge in [0.25, 0.3) is 5.91 Å². The van der Waals surface area contributed by atoms with Crippen molar-refractivity contribution in [3.63, 3.8) is 0 Å². The third-order valence-corrected chi connectivity index (χ3v) is 6.02. The number of carbonyl (C=O) groups is 2. The lowest BCUT2D eigenvalue weighted by atomic mass is 10.00. The van der Waals surface area contributed by atoms with Crippen LogP contribution < -0.4 is 0 Å². The number of halogens is 3. The smallest absolute Gasteiger partial charge is 0.424 e. The maximum Gasteiger partial charge on any atom is 0.424 e. The topological polar surface area (TPSA) is 79.7 Å². The Morgan fingerprint density at radius 3 is 2.41 bits per heavy atom. The van der Waals surface area contributed by atoms with Gasteiger partial charge in [-0.25, -0.2) is 4.98 Å². The molecule has 29 heavy (non-hydrogen) atoms. The summed E-state index contributed by atoms with van der Waals surface area (Å²) in [6.45, 7) is 0.426. The molecular formula is C19H21F3N2O4S. The van der Waals surface area contributed by atoms with Gasteiger partial charge >= 0.3 is 12.1 Å². The summed E-state index contributed by atoms with van der Waals surface area (Å²) < 4.78 is 46.2. The number of ether oxygens (including phenoxy) is 1. The third kappa shape index (κ3) is 4.87. The normalized spacial score (nSPS) is 17.6. The van der Waals surface area contributed by atoms with Crippen molar-refractivity contribution >= 4 is 33.4 Å². The molecule has 10 heteroatoms. The predicted octanol–water partition coefficient (Wildman–Crippen LogP) is 3.38. The van der Waals surface area contributed by atoms with E-state index in [1.54, 1.807) is 23.1 Å². The number of aliphatic hydroxyl groups is 1. The van der Waals surface area contributed by atoms with E-state index < -0.39 is 41.7 Å². The minimum atomic E-state index is -5.14. The fourth-order valence-electron chi connectivity index (χ4n) is 3.16. The van der Waals surface area contributed by atoms with E-state index in [2.05, 4.69) is 4.98 Å². The highest BCUT2D eigenvalue weighted by Crippen LogP contribution is 2.44. The van der Waals surface area contributed by atoms with Crippen LogP contribution in [0.1, 0.15) is 37.1 Å². The molecule has 0 aliphatic carbocycles. The number of aromatic nitrogens is 1. The number of hydrogen-bond donors (Lipinski definition) is 1. The summed E-state index contributed by atoms with van der Waals surface area (Å²) in [6.07, 6.45) is -2.83. The van der Waals surface area contributed by atoms with E-state index >= 15 is 0 Å². The summed E-state index contributed by atoms with van der Waals surface area (Å²) in [5.41, 5.74) is -3.20. The van der Waals surface area contributed by atoms with Gasteiger partial charge in [-0.15, -0.1) is 11.3 Å². The molecule has 0 bridgehead atoms. The SMILES string of the molecule is O=C(C[C@](O)(c1nc2ccccc2s1)C(F)(F)F)OCC(=O)N1CCCCCC1. The molecule has 2 aromatic rings. The van der Waals surface area contributed by atoms with Crippen molar-refractivity contribution < 1.29 is 32.6 Å². The van der Waals surface area contributed by atoms with Crippen LogP contribution in [-0.4, -0.2) is 52.7 Å². The molecule has 1 aromatic carbocycles. The number of benzene rings is 1. The average Bonchev–Trinajstić information content (AvgIpc) is 2.92. The van der Waals surface area contributed by atoms with Crippen molar-refractivity contribution in [2.24, 2.45) is 0 Å². The second-order valence-corrected chi connectivity index (χ2v) is 8.01. The first kappa shape index (κ1) is 21.5. The van der Waals surface area contributed by atoms with Crippen molar-refractivity contribution in [2.75, 3.05) is 19.7 Å². The van der Waals surface area contributed by atoms with E-state index in [0.29, 0.717) is 34.6 Å². The highest BCUT2D eigenvalue weighted by atomic mass is 32.1. The molecule has 0 radical (unpaired) electrons. The van der Waals surface area contributed by atoms with E-state index in [0.717, 1.165) is 25.7 Å². The number of rotatable bonds is 5. The molecule has 0 unspecified atom stereocenters. The van der Waals surface area contributed by atoms with Crippen molar-refractivity contribution in [1.82, 2.24) is 9.88 Å². The number of carbonyl (C=O) groups excluding carboxylic acids is 2. The fourth-order valence-corrected chi connectivity index (χ4v) is 4.23. The zero-order valence-corrected chi connectivity index (χ0v) is 16.4. The monoisotopic (exact) mass is 430 g/mol. The summed E-state index contributed by atoms with van der Waals surface area (Å²) in [5, 5.41) is 9.73. The zero-order chi connectivity index (χ0) is 21.1. The summed E-state index contributed by atoms with van der Waals surface area (Å²) in [6, 6.07) is 6.34. The van der Waals surface area contributed by atoms with Crippen molar-refractivity contribution in [2.45, 2.75) is 43.9 Å². The molecule has 158 valence electrons. The Morgan fingerprint density at radius 1 is 1.14 bits per heavy atom. The molecule has 1 fully saturated rings. The molecule has 1 amide bonds. The number of esters is 1. The van der Waals surface area contributed by atoms with Gasteiger partial charge in [-0.2, -0.15) is 13.2 Å².